The zero-order valence-electron chi connectivity index (χ0n) is 10.7. The third-order valence-electron chi connectivity index (χ3n) is 3.28. The summed E-state index contributed by atoms with van der Waals surface area (Å²) in [5.41, 5.74) is -1.95. The first-order valence-electron chi connectivity index (χ1n) is 5.91. The molecule has 0 atom stereocenters. The lowest BCUT2D eigenvalue weighted by Crippen LogP contribution is -2.41. The maximum Gasteiger partial charge on any atom is 0.275 e. The highest BCUT2D eigenvalue weighted by Crippen LogP contribution is 2.29. The van der Waals surface area contributed by atoms with Gasteiger partial charge in [0.2, 0.25) is 0 Å². The third kappa shape index (κ3) is 3.17. The number of rotatable bonds is 6. The van der Waals surface area contributed by atoms with E-state index in [-0.39, 0.29) is 6.61 Å². The van der Waals surface area contributed by atoms with Gasteiger partial charge in [-0.1, -0.05) is 13.8 Å². The predicted molar refractivity (Wildman–Crippen MR) is 67.0 cm³/mol. The van der Waals surface area contributed by atoms with Crippen molar-refractivity contribution >= 4 is 11.4 Å². The molecule has 0 spiro atoms. The molecular weight excluding hydrogens is 258 g/mol. The third-order valence-corrected chi connectivity index (χ3v) is 3.28. The Hall–Kier alpha value is -1.76. The second-order valence-electron chi connectivity index (χ2n) is 4.31. The van der Waals surface area contributed by atoms with E-state index in [0.29, 0.717) is 25.0 Å². The smallest absolute Gasteiger partial charge is 0.275 e. The summed E-state index contributed by atoms with van der Waals surface area (Å²) in [4.78, 5) is 9.62. The van der Waals surface area contributed by atoms with Crippen LogP contribution in [0.3, 0.4) is 0 Å². The summed E-state index contributed by atoms with van der Waals surface area (Å²) in [5, 5.41) is 22.5. The second-order valence-corrected chi connectivity index (χ2v) is 4.31. The molecule has 1 rings (SSSR count). The Bertz CT molecular complexity index is 445. The van der Waals surface area contributed by atoms with Crippen LogP contribution in [0.5, 0.6) is 0 Å². The molecule has 0 heterocycles. The molecule has 0 saturated heterocycles. The van der Waals surface area contributed by atoms with E-state index in [9.17, 15) is 24.0 Å². The molecule has 1 aromatic rings. The summed E-state index contributed by atoms with van der Waals surface area (Å²) in [6.07, 6.45) is 0.908. The summed E-state index contributed by atoms with van der Waals surface area (Å²) in [6, 6.07) is 1.30. The number of aliphatic hydroxyl groups is 1. The minimum absolute atomic E-state index is 0.296. The van der Waals surface area contributed by atoms with E-state index in [1.54, 1.807) is 13.8 Å². The van der Waals surface area contributed by atoms with Gasteiger partial charge in [-0.3, -0.25) is 10.1 Å². The van der Waals surface area contributed by atoms with Crippen molar-refractivity contribution in [2.45, 2.75) is 32.2 Å². The Morgan fingerprint density at radius 3 is 2.11 bits per heavy atom. The first kappa shape index (κ1) is 15.3. The Morgan fingerprint density at radius 1 is 1.32 bits per heavy atom. The summed E-state index contributed by atoms with van der Waals surface area (Å²) in [7, 11) is 0. The fourth-order valence-electron chi connectivity index (χ4n) is 1.74. The van der Waals surface area contributed by atoms with Gasteiger partial charge in [0.25, 0.3) is 5.69 Å². The number of nitro groups is 1. The van der Waals surface area contributed by atoms with Crippen LogP contribution >= 0.6 is 0 Å². The van der Waals surface area contributed by atoms with Crippen LogP contribution in [0.15, 0.2) is 12.1 Å². The van der Waals surface area contributed by atoms with Gasteiger partial charge in [0, 0.05) is 0 Å². The Balaban J connectivity index is 3.18. The van der Waals surface area contributed by atoms with E-state index in [1.807, 2.05) is 0 Å². The van der Waals surface area contributed by atoms with Crippen molar-refractivity contribution < 1.29 is 18.8 Å². The van der Waals surface area contributed by atoms with E-state index in [2.05, 4.69) is 5.32 Å². The number of non-ortho nitro benzene ring substituents is 1. The molecule has 0 unspecified atom stereocenters. The summed E-state index contributed by atoms with van der Waals surface area (Å²) < 4.78 is 27.4. The van der Waals surface area contributed by atoms with Crippen LogP contribution in [0.1, 0.15) is 26.7 Å². The van der Waals surface area contributed by atoms with Crippen molar-refractivity contribution in [3.63, 3.8) is 0 Å². The van der Waals surface area contributed by atoms with Crippen LogP contribution in [0.25, 0.3) is 0 Å². The monoisotopic (exact) mass is 274 g/mol. The molecule has 106 valence electrons. The highest BCUT2D eigenvalue weighted by atomic mass is 19.1. The van der Waals surface area contributed by atoms with Crippen LogP contribution in [-0.2, 0) is 0 Å². The first-order valence-corrected chi connectivity index (χ1v) is 5.91. The Labute approximate surface area is 109 Å². The summed E-state index contributed by atoms with van der Waals surface area (Å²) in [5.74, 6) is -2.10. The minimum atomic E-state index is -1.05. The second kappa shape index (κ2) is 5.92. The van der Waals surface area contributed by atoms with Crippen molar-refractivity contribution in [3.05, 3.63) is 33.9 Å². The van der Waals surface area contributed by atoms with E-state index in [0.717, 1.165) is 0 Å². The molecule has 0 aliphatic carbocycles. The lowest BCUT2D eigenvalue weighted by atomic mass is 9.93. The van der Waals surface area contributed by atoms with Crippen molar-refractivity contribution in [3.8, 4) is 0 Å². The lowest BCUT2D eigenvalue weighted by molar-refractivity contribution is -0.385. The molecule has 5 nitrogen and oxygen atoms in total. The number of benzene rings is 1. The van der Waals surface area contributed by atoms with Crippen LogP contribution in [0.4, 0.5) is 20.2 Å². The van der Waals surface area contributed by atoms with Gasteiger partial charge in [0.05, 0.1) is 29.2 Å². The minimum Gasteiger partial charge on any atom is -0.394 e. The average molecular weight is 274 g/mol. The Morgan fingerprint density at radius 2 is 1.79 bits per heavy atom. The van der Waals surface area contributed by atoms with E-state index >= 15 is 0 Å². The molecule has 0 aliphatic heterocycles. The van der Waals surface area contributed by atoms with Crippen LogP contribution in [0.2, 0.25) is 0 Å². The normalized spacial score (nSPS) is 11.4. The van der Waals surface area contributed by atoms with Crippen molar-refractivity contribution in [2.24, 2.45) is 0 Å². The zero-order valence-corrected chi connectivity index (χ0v) is 10.7. The van der Waals surface area contributed by atoms with Gasteiger partial charge >= 0.3 is 0 Å². The molecule has 0 bridgehead atoms. The van der Waals surface area contributed by atoms with Gasteiger partial charge in [0.1, 0.15) is 5.69 Å². The highest BCUT2D eigenvalue weighted by molar-refractivity contribution is 5.53. The zero-order chi connectivity index (χ0) is 14.6. The van der Waals surface area contributed by atoms with Gasteiger partial charge in [-0.2, -0.15) is 0 Å². The predicted octanol–water partition coefficient (Wildman–Crippen LogP) is 2.84. The molecule has 1 aromatic carbocycles. The number of aliphatic hydroxyl groups excluding tert-OH is 1. The number of halogens is 2. The summed E-state index contributed by atoms with van der Waals surface area (Å²) >= 11 is 0. The average Bonchev–Trinajstić information content (AvgIpc) is 2.39. The van der Waals surface area contributed by atoms with E-state index < -0.39 is 33.5 Å². The molecule has 0 radical (unpaired) electrons. The topological polar surface area (TPSA) is 75.4 Å². The number of hydrogen-bond donors (Lipinski definition) is 2. The molecule has 2 N–H and O–H groups in total. The largest absolute Gasteiger partial charge is 0.394 e. The van der Waals surface area contributed by atoms with Crippen molar-refractivity contribution in [2.75, 3.05) is 11.9 Å². The van der Waals surface area contributed by atoms with Gasteiger partial charge < -0.3 is 10.4 Å². The lowest BCUT2D eigenvalue weighted by Gasteiger charge is -2.32. The van der Waals surface area contributed by atoms with E-state index in [1.165, 1.54) is 0 Å². The molecule has 0 aromatic heterocycles. The molecule has 0 aliphatic rings. The molecular formula is C12H16F2N2O3. The quantitative estimate of drug-likeness (QED) is 0.618. The van der Waals surface area contributed by atoms with Gasteiger partial charge in [-0.15, -0.1) is 0 Å². The standard InChI is InChI=1S/C12H16F2N2O3/c1-3-12(4-2,7-17)15-11-9(13)5-8(16(18)19)6-10(11)14/h5-6,15,17H,3-4,7H2,1-2H3. The number of anilines is 1. The van der Waals surface area contributed by atoms with Crippen LogP contribution in [0, 0.1) is 21.7 Å². The molecule has 19 heavy (non-hydrogen) atoms. The Kier molecular flexibility index (Phi) is 4.77. The van der Waals surface area contributed by atoms with Crippen molar-refractivity contribution in [1.29, 1.82) is 0 Å². The molecule has 0 saturated carbocycles. The maximum atomic E-state index is 13.7. The van der Waals surface area contributed by atoms with E-state index in [4.69, 9.17) is 0 Å². The fourth-order valence-corrected chi connectivity index (χ4v) is 1.74. The van der Waals surface area contributed by atoms with Gasteiger partial charge in [-0.25, -0.2) is 8.78 Å². The number of nitrogens with zero attached hydrogens (tertiary/aromatic N) is 1. The summed E-state index contributed by atoms with van der Waals surface area (Å²) in [6.45, 7) is 3.25. The number of nitro benzene ring substituents is 1. The number of nitrogens with one attached hydrogen (secondary N) is 1. The fraction of sp³-hybridized carbons (Fsp3) is 0.500. The SMILES string of the molecule is CCC(CC)(CO)Nc1c(F)cc([N+](=O)[O-])cc1F. The highest BCUT2D eigenvalue weighted by Gasteiger charge is 2.28. The van der Waals surface area contributed by atoms with Crippen LogP contribution in [-0.4, -0.2) is 22.2 Å². The van der Waals surface area contributed by atoms with Crippen LogP contribution < -0.4 is 5.32 Å². The first-order chi connectivity index (χ1) is 8.89. The van der Waals surface area contributed by atoms with Gasteiger partial charge in [0.15, 0.2) is 11.6 Å². The maximum absolute atomic E-state index is 13.7. The molecule has 0 amide bonds. The van der Waals surface area contributed by atoms with Crippen molar-refractivity contribution in [1.82, 2.24) is 0 Å². The van der Waals surface area contributed by atoms with Gasteiger partial charge in [-0.05, 0) is 12.8 Å². The number of hydrogen-bond acceptors (Lipinski definition) is 4. The molecule has 7 heteroatoms. The molecule has 0 fully saturated rings.